The summed E-state index contributed by atoms with van der Waals surface area (Å²) < 4.78 is 28.6. The molecule has 0 fully saturated rings. The molecule has 0 aliphatic rings. The van der Waals surface area contributed by atoms with E-state index in [2.05, 4.69) is 27.3 Å². The molecule has 3 aromatic rings. The van der Waals surface area contributed by atoms with Gasteiger partial charge in [-0.2, -0.15) is 0 Å². The third kappa shape index (κ3) is 5.54. The second-order valence-corrected chi connectivity index (χ2v) is 10.2. The topological polar surface area (TPSA) is 66.5 Å². The molecule has 0 aromatic heterocycles. The highest BCUT2D eigenvalue weighted by Gasteiger charge is 2.27. The van der Waals surface area contributed by atoms with Crippen molar-refractivity contribution in [2.75, 3.05) is 10.8 Å². The minimum absolute atomic E-state index is 0.130. The largest absolute Gasteiger partial charge is 0.348 e. The zero-order valence-electron chi connectivity index (χ0n) is 17.7. The van der Waals surface area contributed by atoms with Gasteiger partial charge >= 0.3 is 0 Å². The first-order valence-electron chi connectivity index (χ1n) is 9.88. The number of rotatable bonds is 7. The Morgan fingerprint density at radius 1 is 1.00 bits per heavy atom. The van der Waals surface area contributed by atoms with Gasteiger partial charge in [-0.3, -0.25) is 9.10 Å². The fraction of sp³-hybridized carbons (Fsp3) is 0.208. The van der Waals surface area contributed by atoms with E-state index in [1.165, 1.54) is 12.1 Å². The zero-order valence-corrected chi connectivity index (χ0v) is 20.1. The van der Waals surface area contributed by atoms with Crippen LogP contribution in [0.3, 0.4) is 0 Å². The van der Waals surface area contributed by atoms with E-state index in [0.29, 0.717) is 5.69 Å². The van der Waals surface area contributed by atoms with E-state index in [4.69, 9.17) is 0 Å². The minimum atomic E-state index is -3.93. The van der Waals surface area contributed by atoms with Crippen LogP contribution in [-0.4, -0.2) is 20.9 Å². The van der Waals surface area contributed by atoms with Gasteiger partial charge < -0.3 is 5.32 Å². The fourth-order valence-electron chi connectivity index (χ4n) is 3.47. The van der Waals surface area contributed by atoms with Gasteiger partial charge in [0.15, 0.2) is 0 Å². The minimum Gasteiger partial charge on any atom is -0.348 e. The van der Waals surface area contributed by atoms with E-state index in [0.717, 1.165) is 25.5 Å². The van der Waals surface area contributed by atoms with Crippen molar-refractivity contribution in [1.82, 2.24) is 5.32 Å². The summed E-state index contributed by atoms with van der Waals surface area (Å²) >= 11 is 3.38. The molecule has 1 N–H and O–H groups in total. The number of anilines is 1. The van der Waals surface area contributed by atoms with E-state index in [9.17, 15) is 13.2 Å². The molecule has 0 unspecified atom stereocenters. The lowest BCUT2D eigenvalue weighted by Crippen LogP contribution is -2.41. The number of hydrogen-bond acceptors (Lipinski definition) is 3. The molecule has 3 aromatic carbocycles. The van der Waals surface area contributed by atoms with Gasteiger partial charge in [-0.15, -0.1) is 0 Å². The van der Waals surface area contributed by atoms with Crippen molar-refractivity contribution >= 4 is 37.5 Å². The SMILES string of the molecule is Cc1ccc([C@@H](C)NC(=O)CN(c2cccc(Br)c2)S(=O)(=O)c2ccccc2)c(C)c1. The average molecular weight is 501 g/mol. The number of aryl methyl sites for hydroxylation is 2. The van der Waals surface area contributed by atoms with Gasteiger partial charge in [0.25, 0.3) is 10.0 Å². The van der Waals surface area contributed by atoms with Crippen LogP contribution in [0.4, 0.5) is 5.69 Å². The van der Waals surface area contributed by atoms with E-state index in [-0.39, 0.29) is 23.4 Å². The first kappa shape index (κ1) is 23.0. The highest BCUT2D eigenvalue weighted by molar-refractivity contribution is 9.10. The van der Waals surface area contributed by atoms with Crippen molar-refractivity contribution in [3.63, 3.8) is 0 Å². The molecule has 7 heteroatoms. The molecule has 0 saturated carbocycles. The summed E-state index contributed by atoms with van der Waals surface area (Å²) in [7, 11) is -3.93. The molecule has 31 heavy (non-hydrogen) atoms. The number of nitrogens with zero attached hydrogens (tertiary/aromatic N) is 1. The van der Waals surface area contributed by atoms with E-state index < -0.39 is 10.0 Å². The quantitative estimate of drug-likeness (QED) is 0.488. The molecular weight excluding hydrogens is 476 g/mol. The highest BCUT2D eigenvalue weighted by atomic mass is 79.9. The van der Waals surface area contributed by atoms with Gasteiger partial charge in [0.2, 0.25) is 5.91 Å². The van der Waals surface area contributed by atoms with Gasteiger partial charge in [0, 0.05) is 4.47 Å². The molecule has 0 aliphatic carbocycles. The Hall–Kier alpha value is -2.64. The second-order valence-electron chi connectivity index (χ2n) is 7.45. The van der Waals surface area contributed by atoms with E-state index >= 15 is 0 Å². The number of carbonyl (C=O) groups excluding carboxylic acids is 1. The standard InChI is InChI=1S/C24H25BrN2O3S/c1-17-12-13-23(18(2)14-17)19(3)26-24(28)16-27(21-9-7-8-20(25)15-21)31(29,30)22-10-5-4-6-11-22/h4-15,19H,16H2,1-3H3,(H,26,28)/t19-/m1/s1. The Labute approximate surface area is 192 Å². The zero-order chi connectivity index (χ0) is 22.6. The molecule has 0 aliphatic heterocycles. The normalized spacial score (nSPS) is 12.3. The molecular formula is C24H25BrN2O3S. The number of hydrogen-bond donors (Lipinski definition) is 1. The number of benzene rings is 3. The van der Waals surface area contributed by atoms with Gasteiger partial charge in [-0.05, 0) is 62.2 Å². The first-order chi connectivity index (χ1) is 14.7. The number of amides is 1. The van der Waals surface area contributed by atoms with Crippen molar-refractivity contribution in [1.29, 1.82) is 0 Å². The molecule has 0 saturated heterocycles. The summed E-state index contributed by atoms with van der Waals surface area (Å²) in [5.41, 5.74) is 3.63. The number of carbonyl (C=O) groups is 1. The average Bonchev–Trinajstić information content (AvgIpc) is 2.72. The van der Waals surface area contributed by atoms with Gasteiger partial charge in [-0.1, -0.05) is 64.0 Å². The lowest BCUT2D eigenvalue weighted by molar-refractivity contribution is -0.120. The van der Waals surface area contributed by atoms with Crippen molar-refractivity contribution in [3.8, 4) is 0 Å². The molecule has 1 amide bonds. The second kappa shape index (κ2) is 9.66. The summed E-state index contributed by atoms with van der Waals surface area (Å²) in [4.78, 5) is 13.1. The van der Waals surface area contributed by atoms with Gasteiger partial charge in [-0.25, -0.2) is 8.42 Å². The van der Waals surface area contributed by atoms with E-state index in [1.54, 1.807) is 42.5 Å². The third-order valence-electron chi connectivity index (χ3n) is 4.98. The molecule has 1 atom stereocenters. The van der Waals surface area contributed by atoms with Crippen molar-refractivity contribution in [2.45, 2.75) is 31.7 Å². The lowest BCUT2D eigenvalue weighted by Gasteiger charge is -2.25. The van der Waals surface area contributed by atoms with Crippen molar-refractivity contribution < 1.29 is 13.2 Å². The maximum absolute atomic E-state index is 13.4. The third-order valence-corrected chi connectivity index (χ3v) is 7.27. The Morgan fingerprint density at radius 3 is 2.35 bits per heavy atom. The predicted octanol–water partition coefficient (Wildman–Crippen LogP) is 5.14. The Bertz CT molecular complexity index is 1180. The lowest BCUT2D eigenvalue weighted by atomic mass is 10.0. The van der Waals surface area contributed by atoms with Crippen molar-refractivity contribution in [2.24, 2.45) is 0 Å². The molecule has 5 nitrogen and oxygen atoms in total. The number of nitrogens with one attached hydrogen (secondary N) is 1. The van der Waals surface area contributed by atoms with Gasteiger partial charge in [0.1, 0.15) is 6.54 Å². The Balaban J connectivity index is 1.89. The van der Waals surface area contributed by atoms with E-state index in [1.807, 2.05) is 32.9 Å². The Morgan fingerprint density at radius 2 is 1.71 bits per heavy atom. The summed E-state index contributed by atoms with van der Waals surface area (Å²) in [5.74, 6) is -0.382. The monoisotopic (exact) mass is 500 g/mol. The maximum atomic E-state index is 13.4. The smallest absolute Gasteiger partial charge is 0.264 e. The summed E-state index contributed by atoms with van der Waals surface area (Å²) in [6.45, 7) is 5.58. The molecule has 0 radical (unpaired) electrons. The summed E-state index contributed by atoms with van der Waals surface area (Å²) in [6.07, 6.45) is 0. The maximum Gasteiger partial charge on any atom is 0.264 e. The fourth-order valence-corrected chi connectivity index (χ4v) is 5.29. The molecule has 162 valence electrons. The number of sulfonamides is 1. The van der Waals surface area contributed by atoms with Crippen LogP contribution in [-0.2, 0) is 14.8 Å². The molecule has 0 spiro atoms. The number of halogens is 1. The van der Waals surface area contributed by atoms with Crippen LogP contribution >= 0.6 is 15.9 Å². The van der Waals surface area contributed by atoms with Crippen LogP contribution in [0.15, 0.2) is 82.2 Å². The highest BCUT2D eigenvalue weighted by Crippen LogP contribution is 2.26. The van der Waals surface area contributed by atoms with Crippen LogP contribution in [0.5, 0.6) is 0 Å². The predicted molar refractivity (Wildman–Crippen MR) is 128 cm³/mol. The molecule has 3 rings (SSSR count). The molecule has 0 bridgehead atoms. The summed E-state index contributed by atoms with van der Waals surface area (Å²) in [5, 5.41) is 2.94. The molecule has 0 heterocycles. The van der Waals surface area contributed by atoms with Crippen LogP contribution in [0, 0.1) is 13.8 Å². The van der Waals surface area contributed by atoms with Crippen LogP contribution in [0.2, 0.25) is 0 Å². The summed E-state index contributed by atoms with van der Waals surface area (Å²) in [6, 6.07) is 20.8. The van der Waals surface area contributed by atoms with Crippen LogP contribution in [0.1, 0.15) is 29.7 Å². The first-order valence-corrected chi connectivity index (χ1v) is 12.1. The Kier molecular flexibility index (Phi) is 7.18. The van der Waals surface area contributed by atoms with Crippen LogP contribution in [0.25, 0.3) is 0 Å². The van der Waals surface area contributed by atoms with Gasteiger partial charge in [0.05, 0.1) is 16.6 Å². The van der Waals surface area contributed by atoms with Crippen LogP contribution < -0.4 is 9.62 Å². The van der Waals surface area contributed by atoms with Crippen molar-refractivity contribution in [3.05, 3.63) is 94.0 Å².